The van der Waals surface area contributed by atoms with Crippen molar-refractivity contribution in [3.05, 3.63) is 82.4 Å². The number of halogens is 1. The van der Waals surface area contributed by atoms with Crippen molar-refractivity contribution in [2.24, 2.45) is 0 Å². The van der Waals surface area contributed by atoms with Crippen molar-refractivity contribution in [3.8, 4) is 0 Å². The molecule has 26 heavy (non-hydrogen) atoms. The van der Waals surface area contributed by atoms with E-state index in [1.54, 1.807) is 24.3 Å². The molecule has 1 atom stereocenters. The molecule has 0 aliphatic carbocycles. The molecule has 1 amide bonds. The summed E-state index contributed by atoms with van der Waals surface area (Å²) in [5.74, 6) is -0.286. The van der Waals surface area contributed by atoms with Crippen LogP contribution >= 0.6 is 11.6 Å². The normalized spacial score (nSPS) is 12.0. The maximum absolute atomic E-state index is 12.2. The van der Waals surface area contributed by atoms with Gasteiger partial charge in [0.1, 0.15) is 6.33 Å². The van der Waals surface area contributed by atoms with E-state index in [0.29, 0.717) is 11.6 Å². The molecule has 0 fully saturated rings. The zero-order valence-corrected chi connectivity index (χ0v) is 15.0. The lowest BCUT2D eigenvalue weighted by Crippen LogP contribution is -2.24. The molecule has 0 spiro atoms. The fraction of sp³-hybridized carbons (Fsp3) is 0.211. The second kappa shape index (κ2) is 8.12. The molecule has 2 N–H and O–H groups in total. The van der Waals surface area contributed by atoms with Gasteiger partial charge in [-0.2, -0.15) is 0 Å². The van der Waals surface area contributed by atoms with E-state index in [4.69, 9.17) is 11.6 Å². The molecule has 134 valence electrons. The van der Waals surface area contributed by atoms with Crippen LogP contribution in [0.3, 0.4) is 0 Å². The number of hydrogen-bond donors (Lipinski definition) is 2. The summed E-state index contributed by atoms with van der Waals surface area (Å²) < 4.78 is 1.44. The summed E-state index contributed by atoms with van der Waals surface area (Å²) in [6.07, 6.45) is 0.664. The highest BCUT2D eigenvalue weighted by molar-refractivity contribution is 6.30. The van der Waals surface area contributed by atoms with Crippen molar-refractivity contribution in [1.29, 1.82) is 0 Å². The number of aliphatic hydroxyl groups is 1. The Kier molecular flexibility index (Phi) is 5.65. The molecule has 2 aromatic carbocycles. The molecular formula is C19H19ClN4O2. The van der Waals surface area contributed by atoms with E-state index >= 15 is 0 Å². The summed E-state index contributed by atoms with van der Waals surface area (Å²) in [5.41, 5.74) is 2.89. The van der Waals surface area contributed by atoms with Gasteiger partial charge in [-0.1, -0.05) is 53.6 Å². The quantitative estimate of drug-likeness (QED) is 0.699. The van der Waals surface area contributed by atoms with Gasteiger partial charge in [0, 0.05) is 11.6 Å². The third-order valence-electron chi connectivity index (χ3n) is 3.93. The smallest absolute Gasteiger partial charge is 0.291 e. The predicted molar refractivity (Wildman–Crippen MR) is 98.8 cm³/mol. The topological polar surface area (TPSA) is 80.0 Å². The summed E-state index contributed by atoms with van der Waals surface area (Å²) in [4.78, 5) is 16.2. The average Bonchev–Trinajstić information content (AvgIpc) is 3.10. The molecule has 3 aromatic rings. The van der Waals surface area contributed by atoms with Gasteiger partial charge in [-0.25, -0.2) is 9.67 Å². The van der Waals surface area contributed by atoms with Crippen LogP contribution in [0.2, 0.25) is 5.02 Å². The number of benzene rings is 2. The number of carbonyl (C=O) groups excluding carboxylic acids is 1. The predicted octanol–water partition coefficient (Wildman–Crippen LogP) is 2.90. The van der Waals surface area contributed by atoms with Gasteiger partial charge >= 0.3 is 0 Å². The minimum Gasteiger partial charge on any atom is -0.386 e. The van der Waals surface area contributed by atoms with Gasteiger partial charge in [0.25, 0.3) is 5.91 Å². The van der Waals surface area contributed by atoms with Crippen LogP contribution in [0.4, 0.5) is 0 Å². The molecule has 0 aliphatic rings. The number of rotatable bonds is 6. The van der Waals surface area contributed by atoms with Crippen LogP contribution in [0.5, 0.6) is 0 Å². The van der Waals surface area contributed by atoms with Crippen molar-refractivity contribution in [2.75, 3.05) is 0 Å². The van der Waals surface area contributed by atoms with E-state index in [0.717, 1.165) is 11.1 Å². The fourth-order valence-corrected chi connectivity index (χ4v) is 2.55. The number of carbonyl (C=O) groups is 1. The summed E-state index contributed by atoms with van der Waals surface area (Å²) in [6.45, 7) is 2.61. The Morgan fingerprint density at radius 3 is 2.58 bits per heavy atom. The molecular weight excluding hydrogens is 352 g/mol. The van der Waals surface area contributed by atoms with Crippen LogP contribution in [0.15, 0.2) is 54.9 Å². The lowest BCUT2D eigenvalue weighted by Gasteiger charge is -2.10. The Labute approximate surface area is 156 Å². The van der Waals surface area contributed by atoms with Gasteiger partial charge in [0.15, 0.2) is 0 Å². The molecule has 0 saturated carbocycles. The maximum Gasteiger partial charge on any atom is 0.291 e. The zero-order valence-electron chi connectivity index (χ0n) is 14.3. The van der Waals surface area contributed by atoms with Crippen molar-refractivity contribution < 1.29 is 9.90 Å². The minimum atomic E-state index is -0.766. The van der Waals surface area contributed by atoms with E-state index in [1.807, 2.05) is 31.2 Å². The number of nitrogens with one attached hydrogen (secondary N) is 1. The summed E-state index contributed by atoms with van der Waals surface area (Å²) in [6, 6.07) is 14.8. The first-order valence-corrected chi connectivity index (χ1v) is 8.56. The number of hydrogen-bond acceptors (Lipinski definition) is 4. The van der Waals surface area contributed by atoms with Gasteiger partial charge in [-0.05, 0) is 30.2 Å². The molecule has 0 bridgehead atoms. The largest absolute Gasteiger partial charge is 0.386 e. The van der Waals surface area contributed by atoms with Crippen LogP contribution in [0, 0.1) is 6.92 Å². The first-order chi connectivity index (χ1) is 12.5. The van der Waals surface area contributed by atoms with E-state index in [-0.39, 0.29) is 18.3 Å². The van der Waals surface area contributed by atoms with Gasteiger partial charge in [0.05, 0.1) is 12.6 Å². The highest BCUT2D eigenvalue weighted by Gasteiger charge is 2.14. The number of nitrogens with zero attached hydrogens (tertiary/aromatic N) is 3. The van der Waals surface area contributed by atoms with E-state index < -0.39 is 6.10 Å². The fourth-order valence-electron chi connectivity index (χ4n) is 2.42. The van der Waals surface area contributed by atoms with Crippen molar-refractivity contribution >= 4 is 17.5 Å². The van der Waals surface area contributed by atoms with Gasteiger partial charge in [-0.3, -0.25) is 4.79 Å². The molecule has 7 heteroatoms. The van der Waals surface area contributed by atoms with E-state index in [1.165, 1.54) is 16.6 Å². The Morgan fingerprint density at radius 2 is 1.88 bits per heavy atom. The lowest BCUT2D eigenvalue weighted by molar-refractivity contribution is 0.0938. The molecule has 0 saturated heterocycles. The Hall–Kier alpha value is -2.70. The minimum absolute atomic E-state index is 0.0698. The van der Waals surface area contributed by atoms with E-state index in [2.05, 4.69) is 15.4 Å². The van der Waals surface area contributed by atoms with Gasteiger partial charge < -0.3 is 10.4 Å². The van der Waals surface area contributed by atoms with Crippen molar-refractivity contribution in [1.82, 2.24) is 20.1 Å². The molecule has 6 nitrogen and oxygen atoms in total. The second-order valence-electron chi connectivity index (χ2n) is 6.03. The monoisotopic (exact) mass is 370 g/mol. The van der Waals surface area contributed by atoms with Crippen LogP contribution in [-0.2, 0) is 13.1 Å². The average molecular weight is 371 g/mol. The highest BCUT2D eigenvalue weighted by atomic mass is 35.5. The van der Waals surface area contributed by atoms with Crippen LogP contribution in [0.25, 0.3) is 0 Å². The van der Waals surface area contributed by atoms with Crippen LogP contribution < -0.4 is 5.32 Å². The van der Waals surface area contributed by atoms with Gasteiger partial charge in [0.2, 0.25) is 5.82 Å². The van der Waals surface area contributed by atoms with E-state index in [9.17, 15) is 9.90 Å². The number of aromatic nitrogens is 3. The summed E-state index contributed by atoms with van der Waals surface area (Å²) in [7, 11) is 0. The Bertz CT molecular complexity index is 875. The van der Waals surface area contributed by atoms with Crippen LogP contribution in [-0.4, -0.2) is 25.8 Å². The Balaban J connectivity index is 1.57. The molecule has 1 aromatic heterocycles. The third kappa shape index (κ3) is 4.68. The molecule has 0 radical (unpaired) electrons. The van der Waals surface area contributed by atoms with Crippen molar-refractivity contribution in [3.63, 3.8) is 0 Å². The van der Waals surface area contributed by atoms with Gasteiger partial charge in [-0.15, -0.1) is 5.10 Å². The molecule has 1 heterocycles. The number of aliphatic hydroxyl groups excluding tert-OH is 1. The lowest BCUT2D eigenvalue weighted by atomic mass is 10.1. The summed E-state index contributed by atoms with van der Waals surface area (Å²) in [5, 5.41) is 17.8. The summed E-state index contributed by atoms with van der Waals surface area (Å²) >= 11 is 5.84. The maximum atomic E-state index is 12.2. The van der Waals surface area contributed by atoms with Crippen molar-refractivity contribution in [2.45, 2.75) is 26.1 Å². The standard InChI is InChI=1S/C19H19ClN4O2/c1-13-2-4-14(5-3-13)10-21-19(26)18-22-12-24(23-18)11-17(25)15-6-8-16(20)9-7-15/h2-9,12,17,25H,10-11H2,1H3,(H,21,26). The highest BCUT2D eigenvalue weighted by Crippen LogP contribution is 2.17. The zero-order chi connectivity index (χ0) is 18.5. The molecule has 3 rings (SSSR count). The first-order valence-electron chi connectivity index (χ1n) is 8.18. The number of aryl methyl sites for hydroxylation is 1. The SMILES string of the molecule is Cc1ccc(CNC(=O)c2ncn(CC(O)c3ccc(Cl)cc3)n2)cc1. The molecule has 1 unspecified atom stereocenters. The molecule has 0 aliphatic heterocycles. The second-order valence-corrected chi connectivity index (χ2v) is 6.46. The Morgan fingerprint density at radius 1 is 1.19 bits per heavy atom. The van der Waals surface area contributed by atoms with Crippen LogP contribution in [0.1, 0.15) is 33.4 Å². The number of amides is 1. The first kappa shape index (κ1) is 18.1. The third-order valence-corrected chi connectivity index (χ3v) is 4.18.